The topological polar surface area (TPSA) is 225 Å². The van der Waals surface area contributed by atoms with Gasteiger partial charge in [0.25, 0.3) is 6.26 Å². The van der Waals surface area contributed by atoms with Crippen molar-refractivity contribution in [2.75, 3.05) is 26.1 Å². The van der Waals surface area contributed by atoms with Crippen LogP contribution in [0.2, 0.25) is 0 Å². The van der Waals surface area contributed by atoms with Gasteiger partial charge in [-0.15, -0.1) is 0 Å². The first-order chi connectivity index (χ1) is 25.0. The first-order valence-corrected chi connectivity index (χ1v) is 18.5. The number of methoxy groups -OCH3 is 1. The van der Waals surface area contributed by atoms with Crippen molar-refractivity contribution < 1.29 is 51.7 Å². The monoisotopic (exact) mass is 760 g/mol. The van der Waals surface area contributed by atoms with E-state index in [0.717, 1.165) is 0 Å². The average molecular weight is 761 g/mol. The Morgan fingerprint density at radius 1 is 1.00 bits per heavy atom. The first-order valence-electron chi connectivity index (χ1n) is 17.0. The summed E-state index contributed by atoms with van der Waals surface area (Å²) in [4.78, 5) is 43.5. The molecule has 1 unspecified atom stereocenters. The fraction of sp³-hybridized carbons (Fsp3) is 0.543. The number of nitriles is 1. The third kappa shape index (κ3) is 13.0. The van der Waals surface area contributed by atoms with Gasteiger partial charge in [-0.25, -0.2) is 14.1 Å². The van der Waals surface area contributed by atoms with Gasteiger partial charge >= 0.3 is 25.7 Å². The molecule has 5 atom stereocenters. The number of nitrogens with two attached hydrogens (primary N) is 1. The number of benzene rings is 1. The van der Waals surface area contributed by atoms with Crippen LogP contribution in [0.3, 0.4) is 0 Å². The minimum Gasteiger partial charge on any atom is -0.461 e. The quantitative estimate of drug-likeness (QED) is 0.0636. The molecule has 0 aliphatic heterocycles. The molecule has 1 aromatic carbocycles. The number of aromatic nitrogens is 3. The lowest BCUT2D eigenvalue weighted by Gasteiger charge is -2.32. The molecule has 2 aromatic heterocycles. The Hall–Kier alpha value is -4.75. The molecule has 18 heteroatoms. The maximum Gasteiger partial charge on any atom is 0.459 e. The van der Waals surface area contributed by atoms with Crippen LogP contribution >= 0.6 is 7.75 Å². The first kappa shape index (κ1) is 42.7. The number of nitrogens with one attached hydrogen (secondary N) is 1. The highest BCUT2D eigenvalue weighted by molar-refractivity contribution is 7.52. The lowest BCUT2D eigenvalue weighted by Crippen LogP contribution is -2.43. The molecule has 0 spiro atoms. The molecule has 17 nitrogen and oxygen atoms in total. The zero-order valence-electron chi connectivity index (χ0n) is 31.2. The Bertz CT molecular complexity index is 1760. The molecule has 0 fully saturated rings. The standard InChI is InChI=1S/C35H49N6O11P/c1-22(2)16-29(42)50-31(26-14-15-27-33(37)38-21-39-41(26)27)32(51-30(43)17-23(3)4)28(48-20-36)18-49-53(45,52-25-12-10-9-11-13-25)40-24(5)34(44)47-19-35(6,7)46-8/h9-15,21-24,28,31-32H,16-19H2,1-8H3,(H,40,45)(H2,37,38,39)/t24-,28+,31-,32+,53?/m0/s1. The molecule has 3 aromatic rings. The Kier molecular flexibility index (Phi) is 15.6. The molecule has 53 heavy (non-hydrogen) atoms. The minimum atomic E-state index is -4.54. The van der Waals surface area contributed by atoms with Gasteiger partial charge in [0.05, 0.1) is 11.3 Å². The molecule has 3 rings (SSSR count). The van der Waals surface area contributed by atoms with E-state index >= 15 is 0 Å². The smallest absolute Gasteiger partial charge is 0.459 e. The van der Waals surface area contributed by atoms with Crippen LogP contribution in [0.15, 0.2) is 48.8 Å². The summed E-state index contributed by atoms with van der Waals surface area (Å²) in [6, 6.07) is 9.88. The highest BCUT2D eigenvalue weighted by Crippen LogP contribution is 2.46. The number of fused-ring (bicyclic) bond motifs is 1. The molecule has 0 amide bonds. The summed E-state index contributed by atoms with van der Waals surface area (Å²) in [6.45, 7) is 11.2. The minimum absolute atomic E-state index is 0.0105. The second-order valence-corrected chi connectivity index (χ2v) is 15.3. The van der Waals surface area contributed by atoms with Gasteiger partial charge < -0.3 is 33.9 Å². The Morgan fingerprint density at radius 3 is 2.25 bits per heavy atom. The summed E-state index contributed by atoms with van der Waals surface area (Å²) in [6.07, 6.45) is -1.92. The summed E-state index contributed by atoms with van der Waals surface area (Å²) < 4.78 is 55.3. The van der Waals surface area contributed by atoms with Crippen LogP contribution in [0.25, 0.3) is 5.52 Å². The van der Waals surface area contributed by atoms with Crippen molar-refractivity contribution >= 4 is 37.0 Å². The van der Waals surface area contributed by atoms with Crippen molar-refractivity contribution in [1.29, 1.82) is 5.26 Å². The number of esters is 3. The van der Waals surface area contributed by atoms with Crippen LogP contribution in [0.4, 0.5) is 5.82 Å². The number of para-hydroxylation sites is 1. The van der Waals surface area contributed by atoms with Crippen molar-refractivity contribution in [3.8, 4) is 12.0 Å². The van der Waals surface area contributed by atoms with E-state index in [9.17, 15) is 24.2 Å². The van der Waals surface area contributed by atoms with Crippen molar-refractivity contribution in [2.45, 2.75) is 91.3 Å². The van der Waals surface area contributed by atoms with Gasteiger partial charge in [-0.1, -0.05) is 45.9 Å². The highest BCUT2D eigenvalue weighted by atomic mass is 31.2. The molecule has 0 aliphatic carbocycles. The van der Waals surface area contributed by atoms with Gasteiger partial charge in [0, 0.05) is 20.0 Å². The Balaban J connectivity index is 2.07. The predicted molar refractivity (Wildman–Crippen MR) is 191 cm³/mol. The number of nitrogens with zero attached hydrogens (tertiary/aromatic N) is 4. The fourth-order valence-corrected chi connectivity index (χ4v) is 6.24. The molecule has 0 bridgehead atoms. The molecule has 0 saturated carbocycles. The molecule has 3 N–H and O–H groups in total. The van der Waals surface area contributed by atoms with Gasteiger partial charge in [-0.05, 0) is 56.9 Å². The number of nitrogen functional groups attached to an aromatic ring is 1. The van der Waals surface area contributed by atoms with E-state index in [1.807, 2.05) is 13.8 Å². The van der Waals surface area contributed by atoms with Gasteiger partial charge in [0.1, 0.15) is 36.8 Å². The van der Waals surface area contributed by atoms with Crippen LogP contribution in [0.1, 0.15) is 73.1 Å². The van der Waals surface area contributed by atoms with Crippen LogP contribution in [0, 0.1) is 23.4 Å². The maximum absolute atomic E-state index is 14.4. The van der Waals surface area contributed by atoms with Gasteiger partial charge in [0.2, 0.25) is 0 Å². The normalized spacial score (nSPS) is 15.1. The second kappa shape index (κ2) is 19.4. The fourth-order valence-electron chi connectivity index (χ4n) is 4.74. The van der Waals surface area contributed by atoms with Crippen molar-refractivity contribution in [3.63, 3.8) is 0 Å². The van der Waals surface area contributed by atoms with Gasteiger partial charge in [0.15, 0.2) is 24.1 Å². The van der Waals surface area contributed by atoms with E-state index < -0.39 is 62.2 Å². The number of carbonyl (C=O) groups excluding carboxylic acids is 3. The summed E-state index contributed by atoms with van der Waals surface area (Å²) >= 11 is 0. The van der Waals surface area contributed by atoms with Crippen LogP contribution < -0.4 is 15.3 Å². The van der Waals surface area contributed by atoms with E-state index in [1.165, 1.54) is 37.0 Å². The van der Waals surface area contributed by atoms with E-state index in [2.05, 4.69) is 15.2 Å². The summed E-state index contributed by atoms with van der Waals surface area (Å²) in [5, 5.41) is 16.6. The van der Waals surface area contributed by atoms with E-state index in [0.29, 0.717) is 5.52 Å². The molecule has 290 valence electrons. The van der Waals surface area contributed by atoms with Crippen LogP contribution in [0.5, 0.6) is 5.75 Å². The third-order valence-corrected chi connectivity index (χ3v) is 9.19. The maximum atomic E-state index is 14.4. The summed E-state index contributed by atoms with van der Waals surface area (Å²) in [5.41, 5.74) is 5.83. The Labute approximate surface area is 308 Å². The molecular weight excluding hydrogens is 711 g/mol. The van der Waals surface area contributed by atoms with E-state index in [1.54, 1.807) is 64.3 Å². The average Bonchev–Trinajstić information content (AvgIpc) is 3.52. The van der Waals surface area contributed by atoms with Crippen LogP contribution in [-0.4, -0.2) is 76.7 Å². The van der Waals surface area contributed by atoms with Crippen molar-refractivity contribution in [3.05, 3.63) is 54.5 Å². The number of anilines is 1. The molecule has 0 radical (unpaired) electrons. The van der Waals surface area contributed by atoms with Crippen molar-refractivity contribution in [2.24, 2.45) is 11.8 Å². The number of ether oxygens (including phenoxy) is 5. The second-order valence-electron chi connectivity index (χ2n) is 13.6. The third-order valence-electron chi connectivity index (χ3n) is 7.54. The lowest BCUT2D eigenvalue weighted by molar-refractivity contribution is -0.181. The summed E-state index contributed by atoms with van der Waals surface area (Å²) in [7, 11) is -3.07. The zero-order chi connectivity index (χ0) is 39.3. The van der Waals surface area contributed by atoms with Gasteiger partial charge in [-0.3, -0.25) is 18.9 Å². The van der Waals surface area contributed by atoms with E-state index in [-0.39, 0.29) is 48.5 Å². The van der Waals surface area contributed by atoms with Gasteiger partial charge in [-0.2, -0.15) is 15.4 Å². The van der Waals surface area contributed by atoms with Crippen LogP contribution in [-0.2, 0) is 47.2 Å². The molecule has 2 heterocycles. The highest BCUT2D eigenvalue weighted by Gasteiger charge is 2.43. The van der Waals surface area contributed by atoms with E-state index in [4.69, 9.17) is 38.5 Å². The SMILES string of the molecule is COC(C)(C)COC(=O)[C@H](C)NP(=O)(OC[C@@H](OC#N)[C@@H](OC(=O)CC(C)C)[C@@H](OC(=O)CC(C)C)c1ccc2c(N)ncnn12)Oc1ccccc1. The lowest BCUT2D eigenvalue weighted by atomic mass is 10.0. The van der Waals surface area contributed by atoms with Crippen molar-refractivity contribution in [1.82, 2.24) is 19.7 Å². The number of carbonyl (C=O) groups is 3. The predicted octanol–water partition coefficient (Wildman–Crippen LogP) is 4.92. The summed E-state index contributed by atoms with van der Waals surface area (Å²) in [5.74, 6) is -2.19. The number of hydrogen-bond donors (Lipinski definition) is 2. The molecule has 0 saturated heterocycles. The number of rotatable bonds is 21. The Morgan fingerprint density at radius 2 is 1.64 bits per heavy atom. The largest absolute Gasteiger partial charge is 0.461 e. The number of hydrogen-bond acceptors (Lipinski definition) is 15. The molecule has 0 aliphatic rings. The zero-order valence-corrected chi connectivity index (χ0v) is 32.1. The molecular formula is C35H49N6O11P.